The molecule has 24 heavy (non-hydrogen) atoms. The van der Waals surface area contributed by atoms with Gasteiger partial charge < -0.3 is 9.30 Å². The fourth-order valence-corrected chi connectivity index (χ4v) is 2.78. The van der Waals surface area contributed by atoms with Crippen LogP contribution in [0.5, 0.6) is 0 Å². The van der Waals surface area contributed by atoms with Gasteiger partial charge in [-0.25, -0.2) is 4.79 Å². The monoisotopic (exact) mass is 320 g/mol. The molecule has 0 atom stereocenters. The Morgan fingerprint density at radius 3 is 2.79 bits per heavy atom. The number of para-hydroxylation sites is 1. The average Bonchev–Trinajstić information content (AvgIpc) is 2.85. The molecule has 0 aliphatic carbocycles. The molecular weight excluding hydrogens is 300 g/mol. The summed E-state index contributed by atoms with van der Waals surface area (Å²) in [4.78, 5) is 16.4. The summed E-state index contributed by atoms with van der Waals surface area (Å²) >= 11 is 0. The summed E-state index contributed by atoms with van der Waals surface area (Å²) in [6, 6.07) is 15.4. The summed E-state index contributed by atoms with van der Waals surface area (Å²) in [5, 5.41) is 1.17. The molecule has 0 saturated carbocycles. The van der Waals surface area contributed by atoms with E-state index in [1.807, 2.05) is 30.5 Å². The fourth-order valence-electron chi connectivity index (χ4n) is 2.78. The van der Waals surface area contributed by atoms with Gasteiger partial charge in [-0.2, -0.15) is 0 Å². The van der Waals surface area contributed by atoms with E-state index in [0.717, 1.165) is 16.9 Å². The number of esters is 1. The summed E-state index contributed by atoms with van der Waals surface area (Å²) in [6.45, 7) is 4.24. The first-order valence-electron chi connectivity index (χ1n) is 7.97. The molecule has 0 radical (unpaired) electrons. The number of hydrogen-bond acceptors (Lipinski definition) is 3. The predicted octanol–water partition coefficient (Wildman–Crippen LogP) is 4.41. The second-order valence-electron chi connectivity index (χ2n) is 5.60. The third-order valence-corrected chi connectivity index (χ3v) is 4.15. The van der Waals surface area contributed by atoms with Gasteiger partial charge in [0.15, 0.2) is 0 Å². The maximum Gasteiger partial charge on any atom is 0.338 e. The van der Waals surface area contributed by atoms with Gasteiger partial charge in [-0.1, -0.05) is 24.3 Å². The number of rotatable bonds is 4. The standard InChI is InChI=1S/C20H20N2O2/c1-4-24-20(23)15-8-7-9-16(12-15)21-13-18-14(2)22(3)19-11-6-5-10-17(18)19/h5-13H,4H2,1-3H3. The first-order chi connectivity index (χ1) is 11.6. The molecule has 122 valence electrons. The summed E-state index contributed by atoms with van der Waals surface area (Å²) in [5.41, 5.74) is 4.67. The van der Waals surface area contributed by atoms with Crippen molar-refractivity contribution in [3.05, 3.63) is 65.4 Å². The Morgan fingerprint density at radius 1 is 1.21 bits per heavy atom. The normalized spacial score (nSPS) is 11.3. The topological polar surface area (TPSA) is 43.6 Å². The van der Waals surface area contributed by atoms with Gasteiger partial charge in [0.2, 0.25) is 0 Å². The molecule has 0 aliphatic rings. The van der Waals surface area contributed by atoms with Crippen LogP contribution in [0.3, 0.4) is 0 Å². The lowest BCUT2D eigenvalue weighted by molar-refractivity contribution is 0.0526. The van der Waals surface area contributed by atoms with Crippen molar-refractivity contribution >= 4 is 28.8 Å². The minimum absolute atomic E-state index is 0.323. The van der Waals surface area contributed by atoms with E-state index < -0.39 is 0 Å². The number of benzene rings is 2. The Balaban J connectivity index is 1.96. The van der Waals surface area contributed by atoms with Crippen molar-refractivity contribution in [3.8, 4) is 0 Å². The molecule has 4 heteroatoms. The van der Waals surface area contributed by atoms with Crippen molar-refractivity contribution < 1.29 is 9.53 Å². The Hall–Kier alpha value is -2.88. The van der Waals surface area contributed by atoms with Gasteiger partial charge in [-0.15, -0.1) is 0 Å². The lowest BCUT2D eigenvalue weighted by Crippen LogP contribution is -2.03. The lowest BCUT2D eigenvalue weighted by Gasteiger charge is -2.02. The van der Waals surface area contributed by atoms with Crippen LogP contribution in [0.25, 0.3) is 10.9 Å². The molecular formula is C20H20N2O2. The molecule has 0 bridgehead atoms. The molecule has 1 aromatic heterocycles. The third-order valence-electron chi connectivity index (χ3n) is 4.15. The molecule has 0 amide bonds. The average molecular weight is 320 g/mol. The second kappa shape index (κ2) is 6.71. The highest BCUT2D eigenvalue weighted by atomic mass is 16.5. The van der Waals surface area contributed by atoms with Gasteiger partial charge in [0, 0.05) is 35.4 Å². The molecule has 0 fully saturated rings. The van der Waals surface area contributed by atoms with Crippen LogP contribution in [0.4, 0.5) is 5.69 Å². The second-order valence-corrected chi connectivity index (χ2v) is 5.60. The van der Waals surface area contributed by atoms with Crippen molar-refractivity contribution in [3.63, 3.8) is 0 Å². The first-order valence-corrected chi connectivity index (χ1v) is 7.97. The van der Waals surface area contributed by atoms with Crippen molar-refractivity contribution in [2.24, 2.45) is 12.0 Å². The summed E-state index contributed by atoms with van der Waals surface area (Å²) in [5.74, 6) is -0.323. The molecule has 3 rings (SSSR count). The number of ether oxygens (including phenoxy) is 1. The van der Waals surface area contributed by atoms with Crippen molar-refractivity contribution in [2.45, 2.75) is 13.8 Å². The van der Waals surface area contributed by atoms with Crippen LogP contribution < -0.4 is 0 Å². The van der Waals surface area contributed by atoms with Gasteiger partial charge in [0.25, 0.3) is 0 Å². The van der Waals surface area contributed by atoms with E-state index in [1.54, 1.807) is 19.1 Å². The number of aryl methyl sites for hydroxylation is 1. The van der Waals surface area contributed by atoms with E-state index in [-0.39, 0.29) is 5.97 Å². The minimum atomic E-state index is -0.323. The summed E-state index contributed by atoms with van der Waals surface area (Å²) in [6.07, 6.45) is 1.86. The Kier molecular flexibility index (Phi) is 4.47. The van der Waals surface area contributed by atoms with Crippen LogP contribution in [0.15, 0.2) is 53.5 Å². The highest BCUT2D eigenvalue weighted by Gasteiger charge is 2.10. The van der Waals surface area contributed by atoms with Crippen molar-refractivity contribution in [1.82, 2.24) is 4.57 Å². The molecule has 4 nitrogen and oxygen atoms in total. The van der Waals surface area contributed by atoms with E-state index in [1.165, 1.54) is 10.9 Å². The van der Waals surface area contributed by atoms with E-state index in [0.29, 0.717) is 12.2 Å². The van der Waals surface area contributed by atoms with Gasteiger partial charge in [0.05, 0.1) is 17.9 Å². The molecule has 3 aromatic rings. The van der Waals surface area contributed by atoms with Gasteiger partial charge >= 0.3 is 5.97 Å². The number of hydrogen-bond donors (Lipinski definition) is 0. The lowest BCUT2D eigenvalue weighted by atomic mass is 10.1. The van der Waals surface area contributed by atoms with Crippen LogP contribution in [0.2, 0.25) is 0 Å². The number of carbonyl (C=O) groups excluding carboxylic acids is 1. The molecule has 0 saturated heterocycles. The SMILES string of the molecule is CCOC(=O)c1cccc(N=Cc2c(C)n(C)c3ccccc23)c1. The van der Waals surface area contributed by atoms with Crippen LogP contribution in [-0.2, 0) is 11.8 Å². The van der Waals surface area contributed by atoms with Crippen molar-refractivity contribution in [1.29, 1.82) is 0 Å². The number of aliphatic imine (C=N–C) groups is 1. The van der Waals surface area contributed by atoms with E-state index in [9.17, 15) is 4.79 Å². The largest absolute Gasteiger partial charge is 0.462 e. The van der Waals surface area contributed by atoms with Crippen molar-refractivity contribution in [2.75, 3.05) is 6.61 Å². The maximum atomic E-state index is 11.8. The smallest absolute Gasteiger partial charge is 0.338 e. The van der Waals surface area contributed by atoms with Gasteiger partial charge in [-0.05, 0) is 38.1 Å². The van der Waals surface area contributed by atoms with Crippen LogP contribution in [0, 0.1) is 6.92 Å². The molecule has 0 aliphatic heterocycles. The third kappa shape index (κ3) is 2.95. The minimum Gasteiger partial charge on any atom is -0.462 e. The highest BCUT2D eigenvalue weighted by Crippen LogP contribution is 2.24. The van der Waals surface area contributed by atoms with Gasteiger partial charge in [-0.3, -0.25) is 4.99 Å². The molecule has 0 N–H and O–H groups in total. The molecule has 2 aromatic carbocycles. The fraction of sp³-hybridized carbons (Fsp3) is 0.200. The van der Waals surface area contributed by atoms with Crippen LogP contribution in [0.1, 0.15) is 28.5 Å². The number of nitrogens with zero attached hydrogens (tertiary/aromatic N) is 2. The zero-order valence-electron chi connectivity index (χ0n) is 14.1. The number of carbonyl (C=O) groups is 1. The Morgan fingerprint density at radius 2 is 2.00 bits per heavy atom. The molecule has 0 spiro atoms. The van der Waals surface area contributed by atoms with E-state index in [2.05, 4.69) is 35.7 Å². The number of fused-ring (bicyclic) bond motifs is 1. The Labute approximate surface area is 141 Å². The zero-order chi connectivity index (χ0) is 17.1. The molecule has 1 heterocycles. The maximum absolute atomic E-state index is 11.8. The van der Waals surface area contributed by atoms with Crippen LogP contribution >= 0.6 is 0 Å². The Bertz CT molecular complexity index is 923. The molecule has 0 unspecified atom stereocenters. The quantitative estimate of drug-likeness (QED) is 0.528. The zero-order valence-corrected chi connectivity index (χ0v) is 14.1. The van der Waals surface area contributed by atoms with E-state index in [4.69, 9.17) is 4.74 Å². The highest BCUT2D eigenvalue weighted by molar-refractivity contribution is 6.02. The van der Waals surface area contributed by atoms with Gasteiger partial charge in [0.1, 0.15) is 0 Å². The van der Waals surface area contributed by atoms with E-state index >= 15 is 0 Å². The van der Waals surface area contributed by atoms with Crippen LogP contribution in [-0.4, -0.2) is 23.4 Å². The predicted molar refractivity (Wildman–Crippen MR) is 97.3 cm³/mol. The first kappa shape index (κ1) is 16.0. The number of aromatic nitrogens is 1. The summed E-state index contributed by atoms with van der Waals surface area (Å²) in [7, 11) is 2.05. The summed E-state index contributed by atoms with van der Waals surface area (Å²) < 4.78 is 7.19.